The summed E-state index contributed by atoms with van der Waals surface area (Å²) >= 11 is 1.29. The standard InChI is InChI=1S/C22H23N3O2S/c1-3-15-25-21(27)18-11-7-8-12-19(18)24-22(25)28-16(2)20(26)23-14-13-17-9-5-4-6-10-17/h3-12,16H,1,13-15H2,2H3,(H,23,26)/t16-/m0/s1. The van der Waals surface area contributed by atoms with E-state index in [0.29, 0.717) is 29.1 Å². The van der Waals surface area contributed by atoms with Gasteiger partial charge < -0.3 is 5.32 Å². The van der Waals surface area contributed by atoms with Crippen LogP contribution in [0.15, 0.2) is 77.2 Å². The zero-order valence-electron chi connectivity index (χ0n) is 15.8. The highest BCUT2D eigenvalue weighted by Gasteiger charge is 2.18. The molecule has 0 unspecified atom stereocenters. The second-order valence-corrected chi connectivity index (χ2v) is 7.71. The van der Waals surface area contributed by atoms with Crippen molar-refractivity contribution in [1.82, 2.24) is 14.9 Å². The van der Waals surface area contributed by atoms with Gasteiger partial charge in [-0.2, -0.15) is 0 Å². The summed E-state index contributed by atoms with van der Waals surface area (Å²) in [6.45, 7) is 6.46. The van der Waals surface area contributed by atoms with Gasteiger partial charge in [-0.3, -0.25) is 14.2 Å². The minimum absolute atomic E-state index is 0.0755. The molecule has 1 heterocycles. The first-order chi connectivity index (χ1) is 13.6. The SMILES string of the molecule is C=CCn1c(S[C@@H](C)C(=O)NCCc2ccccc2)nc2ccccc2c1=O. The lowest BCUT2D eigenvalue weighted by Gasteiger charge is -2.15. The Morgan fingerprint density at radius 2 is 1.93 bits per heavy atom. The summed E-state index contributed by atoms with van der Waals surface area (Å²) in [7, 11) is 0. The predicted molar refractivity (Wildman–Crippen MR) is 115 cm³/mol. The first kappa shape index (κ1) is 19.9. The van der Waals surface area contributed by atoms with Crippen LogP contribution in [0, 0.1) is 0 Å². The Balaban J connectivity index is 1.71. The number of carbonyl (C=O) groups excluding carboxylic acids is 1. The molecule has 1 amide bonds. The third kappa shape index (κ3) is 4.70. The highest BCUT2D eigenvalue weighted by atomic mass is 32.2. The van der Waals surface area contributed by atoms with Crippen LogP contribution in [0.4, 0.5) is 0 Å². The van der Waals surface area contributed by atoms with Crippen molar-refractivity contribution in [2.45, 2.75) is 30.3 Å². The maximum atomic E-state index is 12.8. The van der Waals surface area contributed by atoms with Crippen LogP contribution < -0.4 is 10.9 Å². The van der Waals surface area contributed by atoms with Crippen molar-refractivity contribution in [3.8, 4) is 0 Å². The van der Waals surface area contributed by atoms with Crippen molar-refractivity contribution in [3.05, 3.63) is 83.2 Å². The number of amides is 1. The van der Waals surface area contributed by atoms with E-state index >= 15 is 0 Å². The molecule has 0 saturated carbocycles. The minimum Gasteiger partial charge on any atom is -0.355 e. The molecule has 1 aromatic heterocycles. The molecular weight excluding hydrogens is 370 g/mol. The Labute approximate surface area is 168 Å². The summed E-state index contributed by atoms with van der Waals surface area (Å²) in [5.74, 6) is -0.0755. The van der Waals surface area contributed by atoms with Gasteiger partial charge in [-0.1, -0.05) is 60.3 Å². The van der Waals surface area contributed by atoms with Crippen molar-refractivity contribution >= 4 is 28.6 Å². The van der Waals surface area contributed by atoms with E-state index < -0.39 is 0 Å². The number of fused-ring (bicyclic) bond motifs is 1. The van der Waals surface area contributed by atoms with E-state index in [1.165, 1.54) is 17.3 Å². The zero-order chi connectivity index (χ0) is 19.9. The average Bonchev–Trinajstić information content (AvgIpc) is 2.71. The maximum absolute atomic E-state index is 12.8. The second-order valence-electron chi connectivity index (χ2n) is 6.40. The zero-order valence-corrected chi connectivity index (χ0v) is 16.6. The Morgan fingerprint density at radius 3 is 2.68 bits per heavy atom. The summed E-state index contributed by atoms with van der Waals surface area (Å²) in [6, 6.07) is 17.3. The highest BCUT2D eigenvalue weighted by molar-refractivity contribution is 8.00. The lowest BCUT2D eigenvalue weighted by atomic mass is 10.1. The molecule has 3 aromatic rings. The van der Waals surface area contributed by atoms with Gasteiger partial charge in [-0.05, 0) is 31.0 Å². The van der Waals surface area contributed by atoms with Gasteiger partial charge in [0, 0.05) is 13.1 Å². The van der Waals surface area contributed by atoms with E-state index in [-0.39, 0.29) is 16.7 Å². The highest BCUT2D eigenvalue weighted by Crippen LogP contribution is 2.22. The number of carbonyl (C=O) groups is 1. The quantitative estimate of drug-likeness (QED) is 0.362. The topological polar surface area (TPSA) is 64.0 Å². The molecule has 0 aliphatic heterocycles. The molecule has 28 heavy (non-hydrogen) atoms. The summed E-state index contributed by atoms with van der Waals surface area (Å²) in [5.41, 5.74) is 1.69. The van der Waals surface area contributed by atoms with Crippen LogP contribution in [0.25, 0.3) is 10.9 Å². The number of hydrogen-bond acceptors (Lipinski definition) is 4. The van der Waals surface area contributed by atoms with Crippen LogP contribution in [0.2, 0.25) is 0 Å². The first-order valence-corrected chi connectivity index (χ1v) is 10.1. The summed E-state index contributed by atoms with van der Waals surface area (Å²) in [6.07, 6.45) is 2.44. The lowest BCUT2D eigenvalue weighted by molar-refractivity contribution is -0.120. The molecule has 0 saturated heterocycles. The molecule has 0 aliphatic rings. The number of benzene rings is 2. The first-order valence-electron chi connectivity index (χ1n) is 9.19. The number of para-hydroxylation sites is 1. The number of allylic oxidation sites excluding steroid dienone is 1. The van der Waals surface area contributed by atoms with E-state index in [1.54, 1.807) is 16.7 Å². The van der Waals surface area contributed by atoms with Crippen molar-refractivity contribution in [2.24, 2.45) is 0 Å². The van der Waals surface area contributed by atoms with Gasteiger partial charge >= 0.3 is 0 Å². The summed E-state index contributed by atoms with van der Waals surface area (Å²) < 4.78 is 1.56. The largest absolute Gasteiger partial charge is 0.355 e. The Hall–Kier alpha value is -2.86. The molecule has 0 spiro atoms. The van der Waals surface area contributed by atoms with Gasteiger partial charge in [0.25, 0.3) is 5.56 Å². The number of hydrogen-bond donors (Lipinski definition) is 1. The van der Waals surface area contributed by atoms with Crippen LogP contribution >= 0.6 is 11.8 Å². The third-order valence-corrected chi connectivity index (χ3v) is 5.44. The molecule has 6 heteroatoms. The molecule has 0 aliphatic carbocycles. The minimum atomic E-state index is -0.375. The third-order valence-electron chi connectivity index (χ3n) is 4.35. The van der Waals surface area contributed by atoms with Crippen molar-refractivity contribution < 1.29 is 4.79 Å². The van der Waals surface area contributed by atoms with Gasteiger partial charge in [0.05, 0.1) is 16.2 Å². The average molecular weight is 394 g/mol. The molecular formula is C22H23N3O2S. The van der Waals surface area contributed by atoms with Crippen LogP contribution in [0.3, 0.4) is 0 Å². The molecule has 0 radical (unpaired) electrons. The monoisotopic (exact) mass is 393 g/mol. The van der Waals surface area contributed by atoms with Crippen molar-refractivity contribution in [1.29, 1.82) is 0 Å². The molecule has 0 fully saturated rings. The van der Waals surface area contributed by atoms with Crippen LogP contribution in [-0.4, -0.2) is 27.3 Å². The Morgan fingerprint density at radius 1 is 1.21 bits per heavy atom. The van der Waals surface area contributed by atoms with E-state index in [9.17, 15) is 9.59 Å². The molecule has 0 bridgehead atoms. The lowest BCUT2D eigenvalue weighted by Crippen LogP contribution is -2.33. The van der Waals surface area contributed by atoms with E-state index in [4.69, 9.17) is 0 Å². The fourth-order valence-corrected chi connectivity index (χ4v) is 3.80. The van der Waals surface area contributed by atoms with E-state index in [2.05, 4.69) is 16.9 Å². The van der Waals surface area contributed by atoms with E-state index in [1.807, 2.05) is 55.5 Å². The van der Waals surface area contributed by atoms with E-state index in [0.717, 1.165) is 6.42 Å². The molecule has 1 N–H and O–H groups in total. The molecule has 5 nitrogen and oxygen atoms in total. The number of rotatable bonds is 8. The number of aromatic nitrogens is 2. The van der Waals surface area contributed by atoms with Crippen molar-refractivity contribution in [3.63, 3.8) is 0 Å². The van der Waals surface area contributed by atoms with Crippen molar-refractivity contribution in [2.75, 3.05) is 6.54 Å². The smallest absolute Gasteiger partial charge is 0.262 e. The summed E-state index contributed by atoms with van der Waals surface area (Å²) in [5, 5.41) is 3.67. The molecule has 3 rings (SSSR count). The van der Waals surface area contributed by atoms with Crippen LogP contribution in [0.1, 0.15) is 12.5 Å². The number of thioether (sulfide) groups is 1. The molecule has 1 atom stereocenters. The molecule has 2 aromatic carbocycles. The fourth-order valence-electron chi connectivity index (χ4n) is 2.86. The second kappa shape index (κ2) is 9.37. The Kier molecular flexibility index (Phi) is 6.66. The Bertz CT molecular complexity index is 1030. The van der Waals surface area contributed by atoms with Gasteiger partial charge in [-0.15, -0.1) is 6.58 Å². The number of nitrogens with one attached hydrogen (secondary N) is 1. The summed E-state index contributed by atoms with van der Waals surface area (Å²) in [4.78, 5) is 29.9. The van der Waals surface area contributed by atoms with Gasteiger partial charge in [0.1, 0.15) is 0 Å². The molecule has 144 valence electrons. The maximum Gasteiger partial charge on any atom is 0.262 e. The normalized spacial score (nSPS) is 11.9. The van der Waals surface area contributed by atoms with Crippen LogP contribution in [-0.2, 0) is 17.8 Å². The predicted octanol–water partition coefficient (Wildman–Crippen LogP) is 3.42. The van der Waals surface area contributed by atoms with Gasteiger partial charge in [-0.25, -0.2) is 4.98 Å². The van der Waals surface area contributed by atoms with Crippen LogP contribution in [0.5, 0.6) is 0 Å². The van der Waals surface area contributed by atoms with Gasteiger partial charge in [0.15, 0.2) is 5.16 Å². The number of nitrogens with zero attached hydrogens (tertiary/aromatic N) is 2. The fraction of sp³-hybridized carbons (Fsp3) is 0.227. The van der Waals surface area contributed by atoms with Gasteiger partial charge in [0.2, 0.25) is 5.91 Å².